The van der Waals surface area contributed by atoms with Gasteiger partial charge in [0.05, 0.1) is 6.33 Å². The fourth-order valence-electron chi connectivity index (χ4n) is 2.05. The molecular weight excluding hydrogens is 288 g/mol. The summed E-state index contributed by atoms with van der Waals surface area (Å²) >= 11 is 0. The molecule has 0 saturated heterocycles. The predicted octanol–water partition coefficient (Wildman–Crippen LogP) is 1.22. The van der Waals surface area contributed by atoms with E-state index >= 15 is 0 Å². The zero-order chi connectivity index (χ0) is 15.6. The van der Waals surface area contributed by atoms with Gasteiger partial charge >= 0.3 is 5.69 Å². The molecule has 2 heterocycles. The van der Waals surface area contributed by atoms with Crippen molar-refractivity contribution in [1.29, 1.82) is 0 Å². The molecule has 7 nitrogen and oxygen atoms in total. The van der Waals surface area contributed by atoms with Crippen molar-refractivity contribution in [1.82, 2.24) is 19.1 Å². The molecule has 0 aliphatic rings. The first-order valence-corrected chi connectivity index (χ1v) is 10.8. The molecule has 2 aromatic rings. The summed E-state index contributed by atoms with van der Waals surface area (Å²) < 4.78 is 8.72. The SMILES string of the molecule is CCn1c(=O)[nH]c(=O)c2c1ncn2COCC[Si](C)(C)C. The van der Waals surface area contributed by atoms with Crippen molar-refractivity contribution >= 4 is 19.2 Å². The van der Waals surface area contributed by atoms with Crippen LogP contribution in [0.25, 0.3) is 11.2 Å². The van der Waals surface area contributed by atoms with Crippen LogP contribution in [0.4, 0.5) is 0 Å². The second-order valence-electron chi connectivity index (χ2n) is 6.24. The van der Waals surface area contributed by atoms with Crippen LogP contribution in [0.5, 0.6) is 0 Å². The fourth-order valence-corrected chi connectivity index (χ4v) is 2.81. The molecule has 0 atom stereocenters. The standard InChI is InChI=1S/C13H22N4O3Si/c1-5-17-11-10(12(18)15-13(17)19)16(8-14-11)9-20-6-7-21(2,3)4/h8H,5-7,9H2,1-4H3,(H,15,18,19). The van der Waals surface area contributed by atoms with E-state index in [2.05, 4.69) is 29.6 Å². The number of aryl methyl sites for hydroxylation is 1. The summed E-state index contributed by atoms with van der Waals surface area (Å²) in [5.41, 5.74) is -0.0737. The summed E-state index contributed by atoms with van der Waals surface area (Å²) in [6.07, 6.45) is 1.54. The number of nitrogens with one attached hydrogen (secondary N) is 1. The van der Waals surface area contributed by atoms with Crippen molar-refractivity contribution in [3.05, 3.63) is 27.2 Å². The van der Waals surface area contributed by atoms with Crippen molar-refractivity contribution in [3.8, 4) is 0 Å². The Morgan fingerprint density at radius 2 is 2.05 bits per heavy atom. The van der Waals surface area contributed by atoms with E-state index in [0.717, 1.165) is 6.04 Å². The summed E-state index contributed by atoms with van der Waals surface area (Å²) in [6, 6.07) is 1.07. The maximum atomic E-state index is 12.0. The fraction of sp³-hybridized carbons (Fsp3) is 0.615. The topological polar surface area (TPSA) is 81.9 Å². The van der Waals surface area contributed by atoms with Gasteiger partial charge in [0.15, 0.2) is 11.2 Å². The van der Waals surface area contributed by atoms with E-state index in [1.165, 1.54) is 4.57 Å². The zero-order valence-corrected chi connectivity index (χ0v) is 14.0. The predicted molar refractivity (Wildman–Crippen MR) is 84.4 cm³/mol. The third-order valence-electron chi connectivity index (χ3n) is 3.30. The highest BCUT2D eigenvalue weighted by atomic mass is 28.3. The molecule has 0 fully saturated rings. The Kier molecular flexibility index (Phi) is 4.48. The van der Waals surface area contributed by atoms with E-state index in [-0.39, 0.29) is 6.73 Å². The van der Waals surface area contributed by atoms with Gasteiger partial charge in [-0.15, -0.1) is 0 Å². The maximum absolute atomic E-state index is 12.0. The van der Waals surface area contributed by atoms with Gasteiger partial charge in [0.25, 0.3) is 5.56 Å². The third kappa shape index (κ3) is 3.51. The smallest absolute Gasteiger partial charge is 0.330 e. The number of H-pyrrole nitrogens is 1. The normalized spacial score (nSPS) is 12.2. The molecule has 0 aromatic carbocycles. The molecule has 0 saturated carbocycles. The Bertz CT molecular complexity index is 738. The highest BCUT2D eigenvalue weighted by Crippen LogP contribution is 2.09. The highest BCUT2D eigenvalue weighted by Gasteiger charge is 2.14. The Labute approximate surface area is 123 Å². The lowest BCUT2D eigenvalue weighted by Gasteiger charge is -2.15. The van der Waals surface area contributed by atoms with Crippen LogP contribution >= 0.6 is 0 Å². The van der Waals surface area contributed by atoms with E-state index < -0.39 is 19.3 Å². The molecule has 2 rings (SSSR count). The minimum Gasteiger partial charge on any atom is -0.361 e. The quantitative estimate of drug-likeness (QED) is 0.642. The van der Waals surface area contributed by atoms with E-state index in [1.807, 2.05) is 6.92 Å². The molecule has 2 aromatic heterocycles. The molecule has 8 heteroatoms. The van der Waals surface area contributed by atoms with Crippen molar-refractivity contribution < 1.29 is 4.74 Å². The van der Waals surface area contributed by atoms with Crippen LogP contribution in [0.2, 0.25) is 25.7 Å². The second kappa shape index (κ2) is 5.98. The van der Waals surface area contributed by atoms with Gasteiger partial charge in [-0.2, -0.15) is 0 Å². The van der Waals surface area contributed by atoms with Gasteiger partial charge in [0, 0.05) is 21.2 Å². The molecule has 0 radical (unpaired) electrons. The minimum absolute atomic E-state index is 0.270. The van der Waals surface area contributed by atoms with E-state index in [0.29, 0.717) is 24.3 Å². The average Bonchev–Trinajstić information content (AvgIpc) is 2.78. The first-order chi connectivity index (χ1) is 9.83. The minimum atomic E-state index is -1.13. The molecule has 0 unspecified atom stereocenters. The van der Waals surface area contributed by atoms with Gasteiger partial charge < -0.3 is 9.30 Å². The highest BCUT2D eigenvalue weighted by molar-refractivity contribution is 6.76. The first kappa shape index (κ1) is 15.7. The Hall–Kier alpha value is -1.67. The molecule has 0 bridgehead atoms. The van der Waals surface area contributed by atoms with E-state index in [4.69, 9.17) is 4.74 Å². The number of ether oxygens (including phenoxy) is 1. The molecule has 0 aliphatic heterocycles. The second-order valence-corrected chi connectivity index (χ2v) is 11.9. The number of nitrogens with zero attached hydrogens (tertiary/aromatic N) is 3. The number of rotatable bonds is 6. The van der Waals surface area contributed by atoms with Crippen LogP contribution in [-0.2, 0) is 18.0 Å². The van der Waals surface area contributed by atoms with Gasteiger partial charge in [-0.25, -0.2) is 9.78 Å². The van der Waals surface area contributed by atoms with E-state index in [9.17, 15) is 9.59 Å². The van der Waals surface area contributed by atoms with Gasteiger partial charge in [-0.1, -0.05) is 19.6 Å². The molecule has 21 heavy (non-hydrogen) atoms. The van der Waals surface area contributed by atoms with E-state index in [1.54, 1.807) is 10.9 Å². The number of aromatic nitrogens is 4. The van der Waals surface area contributed by atoms with Gasteiger partial charge in [-0.05, 0) is 13.0 Å². The number of fused-ring (bicyclic) bond motifs is 1. The van der Waals surface area contributed by atoms with Gasteiger partial charge in [0.1, 0.15) is 6.73 Å². The maximum Gasteiger partial charge on any atom is 0.330 e. The summed E-state index contributed by atoms with van der Waals surface area (Å²) in [6.45, 7) is 10.1. The largest absolute Gasteiger partial charge is 0.361 e. The monoisotopic (exact) mass is 310 g/mol. The molecular formula is C13H22N4O3Si. The van der Waals surface area contributed by atoms with Crippen molar-refractivity contribution in [2.75, 3.05) is 6.61 Å². The lowest BCUT2D eigenvalue weighted by molar-refractivity contribution is 0.0897. The lowest BCUT2D eigenvalue weighted by Crippen LogP contribution is -2.30. The summed E-state index contributed by atoms with van der Waals surface area (Å²) in [5.74, 6) is 0. The third-order valence-corrected chi connectivity index (χ3v) is 5.00. The van der Waals surface area contributed by atoms with Crippen molar-refractivity contribution in [2.45, 2.75) is 45.9 Å². The van der Waals surface area contributed by atoms with Crippen molar-refractivity contribution in [3.63, 3.8) is 0 Å². The molecule has 0 spiro atoms. The molecule has 1 N–H and O–H groups in total. The first-order valence-electron chi connectivity index (χ1n) is 7.09. The van der Waals surface area contributed by atoms with Crippen LogP contribution in [0.3, 0.4) is 0 Å². The zero-order valence-electron chi connectivity index (χ0n) is 13.0. The summed E-state index contributed by atoms with van der Waals surface area (Å²) in [5, 5.41) is 0. The molecule has 0 amide bonds. The van der Waals surface area contributed by atoms with Crippen LogP contribution in [-0.4, -0.2) is 33.8 Å². The molecule has 116 valence electrons. The molecule has 0 aliphatic carbocycles. The van der Waals surface area contributed by atoms with Crippen LogP contribution < -0.4 is 11.2 Å². The number of aromatic amines is 1. The van der Waals surface area contributed by atoms with Crippen LogP contribution in [0.15, 0.2) is 15.9 Å². The summed E-state index contributed by atoms with van der Waals surface area (Å²) in [4.78, 5) is 30.1. The Morgan fingerprint density at radius 1 is 1.33 bits per heavy atom. The van der Waals surface area contributed by atoms with Crippen molar-refractivity contribution in [2.24, 2.45) is 0 Å². The number of hydrogen-bond donors (Lipinski definition) is 1. The van der Waals surface area contributed by atoms with Gasteiger partial charge in [0.2, 0.25) is 0 Å². The summed E-state index contributed by atoms with van der Waals surface area (Å²) in [7, 11) is -1.13. The van der Waals surface area contributed by atoms with Crippen LogP contribution in [0, 0.1) is 0 Å². The number of imidazole rings is 1. The van der Waals surface area contributed by atoms with Crippen LogP contribution in [0.1, 0.15) is 6.92 Å². The van der Waals surface area contributed by atoms with Gasteiger partial charge in [-0.3, -0.25) is 14.3 Å². The number of hydrogen-bond acceptors (Lipinski definition) is 4. The lowest BCUT2D eigenvalue weighted by atomic mass is 10.5. The Balaban J connectivity index is 2.23. The average molecular weight is 310 g/mol. The Morgan fingerprint density at radius 3 is 2.67 bits per heavy atom.